The van der Waals surface area contributed by atoms with Crippen LogP contribution in [0.3, 0.4) is 0 Å². The molecule has 9 nitrogen and oxygen atoms in total. The van der Waals surface area contributed by atoms with Gasteiger partial charge in [0.15, 0.2) is 5.96 Å². The Balaban J connectivity index is 1.72. The maximum atomic E-state index is 13.4. The van der Waals surface area contributed by atoms with Gasteiger partial charge in [-0.25, -0.2) is 13.1 Å². The molecule has 0 saturated heterocycles. The first-order valence-electron chi connectivity index (χ1n) is 12.4. The molecule has 2 amide bonds. The van der Waals surface area contributed by atoms with Crippen LogP contribution in [0, 0.1) is 18.3 Å². The van der Waals surface area contributed by atoms with Crippen molar-refractivity contribution in [2.75, 3.05) is 12.4 Å². The van der Waals surface area contributed by atoms with Gasteiger partial charge in [0.1, 0.15) is 6.04 Å². The third kappa shape index (κ3) is 8.42. The predicted octanol–water partition coefficient (Wildman–Crippen LogP) is 4.37. The highest BCUT2D eigenvalue weighted by molar-refractivity contribution is 7.89. The van der Waals surface area contributed by atoms with Gasteiger partial charge in [0.05, 0.1) is 21.4 Å². The Bertz CT molecular complexity index is 1300. The van der Waals surface area contributed by atoms with Gasteiger partial charge >= 0.3 is 0 Å². The third-order valence-corrected chi connectivity index (χ3v) is 8.74. The number of guanidine groups is 1. The summed E-state index contributed by atoms with van der Waals surface area (Å²) in [5.74, 6) is -0.863. The fourth-order valence-electron chi connectivity index (χ4n) is 4.46. The lowest BCUT2D eigenvalue weighted by molar-refractivity contribution is -0.120. The fourth-order valence-corrected chi connectivity index (χ4v) is 5.53. The van der Waals surface area contributed by atoms with Gasteiger partial charge in [0, 0.05) is 5.69 Å². The largest absolute Gasteiger partial charge is 0.344 e. The summed E-state index contributed by atoms with van der Waals surface area (Å²) in [6, 6.07) is 8.54. The number of halogens is 2. The van der Waals surface area contributed by atoms with Gasteiger partial charge in [-0.05, 0) is 61.7 Å². The van der Waals surface area contributed by atoms with Crippen LogP contribution in [-0.4, -0.2) is 39.3 Å². The van der Waals surface area contributed by atoms with E-state index in [-0.39, 0.29) is 17.3 Å². The highest BCUT2D eigenvalue weighted by atomic mass is 35.5. The highest BCUT2D eigenvalue weighted by Gasteiger charge is 2.26. The van der Waals surface area contributed by atoms with Crippen molar-refractivity contribution >= 4 is 56.7 Å². The minimum atomic E-state index is -3.69. The number of rotatable bonds is 9. The molecular weight excluding hydrogens is 549 g/mol. The lowest BCUT2D eigenvalue weighted by Crippen LogP contribution is -2.51. The molecule has 0 aromatic heterocycles. The smallest absolute Gasteiger partial charge is 0.246 e. The quantitative estimate of drug-likeness (QED) is 0.221. The van der Waals surface area contributed by atoms with Crippen molar-refractivity contribution in [2.24, 2.45) is 5.92 Å². The Hall–Kier alpha value is -2.66. The summed E-state index contributed by atoms with van der Waals surface area (Å²) in [7, 11) is -2.38. The molecule has 2 aromatic carbocycles. The van der Waals surface area contributed by atoms with E-state index in [4.69, 9.17) is 28.6 Å². The van der Waals surface area contributed by atoms with Gasteiger partial charge in [-0.1, -0.05) is 67.4 Å². The molecule has 1 atom stereocenters. The Kier molecular flexibility index (Phi) is 10.6. The lowest BCUT2D eigenvalue weighted by atomic mass is 9.84. The summed E-state index contributed by atoms with van der Waals surface area (Å²) in [4.78, 5) is 25.9. The maximum Gasteiger partial charge on any atom is 0.246 e. The van der Waals surface area contributed by atoms with E-state index < -0.39 is 27.9 Å². The zero-order chi connectivity index (χ0) is 27.9. The third-order valence-electron chi connectivity index (χ3n) is 6.59. The molecule has 3 rings (SSSR count). The average Bonchev–Trinajstić information content (AvgIpc) is 2.87. The minimum absolute atomic E-state index is 0.0215. The molecule has 1 saturated carbocycles. The van der Waals surface area contributed by atoms with E-state index in [0.717, 1.165) is 32.1 Å². The van der Waals surface area contributed by atoms with Crippen LogP contribution in [0.15, 0.2) is 41.3 Å². The Morgan fingerprint density at radius 2 is 1.76 bits per heavy atom. The number of amides is 2. The number of hydrogen-bond donors (Lipinski definition) is 5. The first kappa shape index (κ1) is 29.9. The summed E-state index contributed by atoms with van der Waals surface area (Å²) >= 11 is 11.9. The van der Waals surface area contributed by atoms with E-state index in [1.54, 1.807) is 31.2 Å². The monoisotopic (exact) mass is 581 g/mol. The Labute approximate surface area is 233 Å². The van der Waals surface area contributed by atoms with Crippen molar-refractivity contribution in [1.82, 2.24) is 15.4 Å². The van der Waals surface area contributed by atoms with Gasteiger partial charge in [-0.15, -0.1) is 0 Å². The molecule has 38 heavy (non-hydrogen) atoms. The van der Waals surface area contributed by atoms with Crippen LogP contribution in [0.1, 0.15) is 49.7 Å². The second-order valence-corrected chi connectivity index (χ2v) is 12.2. The van der Waals surface area contributed by atoms with E-state index in [1.165, 1.54) is 19.2 Å². The van der Waals surface area contributed by atoms with Crippen LogP contribution >= 0.6 is 23.2 Å². The molecule has 12 heteroatoms. The topological polar surface area (TPSA) is 140 Å². The van der Waals surface area contributed by atoms with Crippen LogP contribution in [0.2, 0.25) is 10.0 Å². The summed E-state index contributed by atoms with van der Waals surface area (Å²) in [5, 5.41) is 17.2. The number of carbonyl (C=O) groups is 2. The summed E-state index contributed by atoms with van der Waals surface area (Å²) in [6.45, 7) is 1.76. The van der Waals surface area contributed by atoms with Crippen LogP contribution < -0.4 is 20.7 Å². The zero-order valence-electron chi connectivity index (χ0n) is 21.4. The average molecular weight is 583 g/mol. The van der Waals surface area contributed by atoms with E-state index in [0.29, 0.717) is 39.2 Å². The molecule has 0 spiro atoms. The van der Waals surface area contributed by atoms with Crippen molar-refractivity contribution in [1.29, 1.82) is 5.41 Å². The van der Waals surface area contributed by atoms with Crippen LogP contribution in [0.5, 0.6) is 0 Å². The van der Waals surface area contributed by atoms with E-state index in [9.17, 15) is 18.0 Å². The van der Waals surface area contributed by atoms with Crippen molar-refractivity contribution in [3.8, 4) is 0 Å². The molecule has 1 aliphatic carbocycles. The summed E-state index contributed by atoms with van der Waals surface area (Å²) in [6.07, 6.45) is 5.75. The van der Waals surface area contributed by atoms with Gasteiger partial charge in [-0.2, -0.15) is 0 Å². The normalized spacial score (nSPS) is 14.9. The molecule has 2 aromatic rings. The second kappa shape index (κ2) is 13.4. The number of nitrogens with one attached hydrogen (secondary N) is 5. The predicted molar refractivity (Wildman–Crippen MR) is 150 cm³/mol. The molecule has 0 aliphatic heterocycles. The number of hydrogen-bond acceptors (Lipinski definition) is 5. The summed E-state index contributed by atoms with van der Waals surface area (Å²) in [5.41, 5.74) is 1.68. The molecular formula is C26H33Cl2N5O4S. The van der Waals surface area contributed by atoms with Gasteiger partial charge in [0.2, 0.25) is 21.8 Å². The van der Waals surface area contributed by atoms with Crippen LogP contribution in [0.25, 0.3) is 0 Å². The molecule has 0 radical (unpaired) electrons. The zero-order valence-corrected chi connectivity index (χ0v) is 23.7. The minimum Gasteiger partial charge on any atom is -0.344 e. The number of anilines is 1. The molecule has 1 aliphatic rings. The SMILES string of the molecule is CNS(=O)(=O)c1ccc(C)c(NC(=O)[C@@H](CC2CCCCC2)NC(=N)NC(=O)Cc2ccc(Cl)c(Cl)c2)c1. The first-order chi connectivity index (χ1) is 18.0. The Morgan fingerprint density at radius 1 is 1.05 bits per heavy atom. The molecule has 0 unspecified atom stereocenters. The number of sulfonamides is 1. The first-order valence-corrected chi connectivity index (χ1v) is 14.7. The molecule has 5 N–H and O–H groups in total. The standard InChI is InChI=1S/C26H33Cl2N5O4S/c1-16-8-10-19(38(36,37)30-2)15-22(16)31-25(35)23(13-17-6-4-3-5-7-17)32-26(29)33-24(34)14-18-9-11-20(27)21(28)12-18/h8-12,15,17,23,30H,3-7,13-14H2,1-2H3,(H,31,35)(H3,29,32,33,34)/t23-/m1/s1. The van der Waals surface area contributed by atoms with Crippen molar-refractivity contribution in [2.45, 2.75) is 62.8 Å². The van der Waals surface area contributed by atoms with Gasteiger partial charge in [-0.3, -0.25) is 20.3 Å². The number of carbonyl (C=O) groups excluding carboxylic acids is 2. The van der Waals surface area contributed by atoms with Gasteiger partial charge in [0.25, 0.3) is 0 Å². The summed E-state index contributed by atoms with van der Waals surface area (Å²) < 4.78 is 26.8. The van der Waals surface area contributed by atoms with Crippen molar-refractivity contribution in [3.05, 3.63) is 57.6 Å². The lowest BCUT2D eigenvalue weighted by Gasteiger charge is -2.27. The van der Waals surface area contributed by atoms with Crippen LogP contribution in [0.4, 0.5) is 5.69 Å². The Morgan fingerprint density at radius 3 is 2.42 bits per heavy atom. The van der Waals surface area contributed by atoms with E-state index in [1.807, 2.05) is 0 Å². The van der Waals surface area contributed by atoms with Crippen molar-refractivity contribution in [3.63, 3.8) is 0 Å². The van der Waals surface area contributed by atoms with E-state index >= 15 is 0 Å². The molecule has 0 bridgehead atoms. The van der Waals surface area contributed by atoms with Crippen LogP contribution in [-0.2, 0) is 26.0 Å². The molecule has 206 valence electrons. The molecule has 0 heterocycles. The number of benzene rings is 2. The number of aryl methyl sites for hydroxylation is 1. The second-order valence-electron chi connectivity index (χ2n) is 9.46. The maximum absolute atomic E-state index is 13.4. The highest BCUT2D eigenvalue weighted by Crippen LogP contribution is 2.28. The molecule has 1 fully saturated rings. The van der Waals surface area contributed by atoms with E-state index in [2.05, 4.69) is 20.7 Å². The van der Waals surface area contributed by atoms with Gasteiger partial charge < -0.3 is 10.6 Å². The van der Waals surface area contributed by atoms with Crippen molar-refractivity contribution < 1.29 is 18.0 Å². The fraction of sp³-hybridized carbons (Fsp3) is 0.423.